The molecule has 2 rings (SSSR count). The van der Waals surface area contributed by atoms with Crippen molar-refractivity contribution in [3.05, 3.63) is 24.3 Å². The minimum absolute atomic E-state index is 0.126. The van der Waals surface area contributed by atoms with E-state index in [9.17, 15) is 4.79 Å². The molecule has 0 aliphatic carbocycles. The van der Waals surface area contributed by atoms with E-state index in [-0.39, 0.29) is 16.9 Å². The fourth-order valence-corrected chi connectivity index (χ4v) is 3.36. The summed E-state index contributed by atoms with van der Waals surface area (Å²) in [5, 5.41) is 23.5. The highest BCUT2D eigenvalue weighted by Crippen LogP contribution is 2.31. The van der Waals surface area contributed by atoms with Gasteiger partial charge in [-0.2, -0.15) is 5.26 Å². The van der Waals surface area contributed by atoms with Crippen LogP contribution in [0.1, 0.15) is 13.3 Å². The maximum Gasteiger partial charge on any atom is 0.234 e. The number of tetrazole rings is 1. The van der Waals surface area contributed by atoms with E-state index in [1.807, 2.05) is 31.2 Å². The fourth-order valence-electron chi connectivity index (χ4n) is 1.72. The Bertz CT molecular complexity index is 711. The fraction of sp³-hybridized carbons (Fsp3) is 0.357. The Morgan fingerprint density at radius 3 is 2.96 bits per heavy atom. The summed E-state index contributed by atoms with van der Waals surface area (Å²) in [6, 6.07) is 9.73. The summed E-state index contributed by atoms with van der Waals surface area (Å²) in [5.74, 6) is 0.0972. The Morgan fingerprint density at radius 1 is 1.48 bits per heavy atom. The Morgan fingerprint density at radius 2 is 2.26 bits per heavy atom. The second-order valence-corrected chi connectivity index (χ2v) is 7.13. The Balaban J connectivity index is 1.95. The molecular weight excluding hydrogens is 332 g/mol. The number of thioether (sulfide) groups is 2. The van der Waals surface area contributed by atoms with Crippen molar-refractivity contribution in [2.75, 3.05) is 11.1 Å². The maximum absolute atomic E-state index is 12.1. The van der Waals surface area contributed by atoms with Gasteiger partial charge < -0.3 is 5.32 Å². The third-order valence-corrected chi connectivity index (χ3v) is 4.97. The molecule has 1 unspecified atom stereocenters. The van der Waals surface area contributed by atoms with Crippen molar-refractivity contribution < 1.29 is 4.79 Å². The van der Waals surface area contributed by atoms with Gasteiger partial charge in [-0.25, -0.2) is 4.68 Å². The van der Waals surface area contributed by atoms with E-state index in [2.05, 4.69) is 26.9 Å². The van der Waals surface area contributed by atoms with Crippen molar-refractivity contribution >= 4 is 35.1 Å². The van der Waals surface area contributed by atoms with E-state index < -0.39 is 0 Å². The number of benzene rings is 1. The quantitative estimate of drug-likeness (QED) is 0.767. The Labute approximate surface area is 142 Å². The monoisotopic (exact) mass is 348 g/mol. The van der Waals surface area contributed by atoms with E-state index >= 15 is 0 Å². The van der Waals surface area contributed by atoms with Crippen LogP contribution in [0.5, 0.6) is 0 Å². The predicted molar refractivity (Wildman–Crippen MR) is 90.1 cm³/mol. The summed E-state index contributed by atoms with van der Waals surface area (Å²) in [4.78, 5) is 13.1. The van der Waals surface area contributed by atoms with Crippen LogP contribution in [0.15, 0.2) is 34.3 Å². The maximum atomic E-state index is 12.1. The number of carbonyl (C=O) groups excluding carboxylic acids is 1. The van der Waals surface area contributed by atoms with Crippen LogP contribution in [-0.2, 0) is 11.8 Å². The molecule has 1 atom stereocenters. The van der Waals surface area contributed by atoms with Gasteiger partial charge in [-0.15, -0.1) is 16.9 Å². The van der Waals surface area contributed by atoms with Crippen LogP contribution in [0.2, 0.25) is 0 Å². The van der Waals surface area contributed by atoms with Crippen LogP contribution in [0.3, 0.4) is 0 Å². The second-order valence-electron chi connectivity index (χ2n) is 4.71. The number of hydrogen-bond donors (Lipinski definition) is 1. The number of amides is 1. The number of nitrogens with zero attached hydrogens (tertiary/aromatic N) is 5. The van der Waals surface area contributed by atoms with Gasteiger partial charge in [0.05, 0.1) is 17.5 Å². The van der Waals surface area contributed by atoms with E-state index in [4.69, 9.17) is 5.26 Å². The average molecular weight is 348 g/mol. The predicted octanol–water partition coefficient (Wildman–Crippen LogP) is 2.34. The number of nitriles is 1. The Kier molecular flexibility index (Phi) is 6.43. The zero-order chi connectivity index (χ0) is 16.7. The molecule has 1 amide bonds. The van der Waals surface area contributed by atoms with Crippen LogP contribution < -0.4 is 5.32 Å². The van der Waals surface area contributed by atoms with Crippen molar-refractivity contribution in [3.63, 3.8) is 0 Å². The SMILES string of the molecule is CC(CC#N)Sc1ccccc1NC(=O)CSc1nnnn1C. The molecule has 1 heterocycles. The molecule has 1 aromatic carbocycles. The number of hydrogen-bond acceptors (Lipinski definition) is 7. The van der Waals surface area contributed by atoms with Crippen molar-refractivity contribution in [1.29, 1.82) is 5.26 Å². The number of aryl methyl sites for hydroxylation is 1. The van der Waals surface area contributed by atoms with E-state index in [0.717, 1.165) is 10.6 Å². The molecule has 120 valence electrons. The van der Waals surface area contributed by atoms with Crippen LogP contribution in [0.25, 0.3) is 0 Å². The number of para-hydroxylation sites is 1. The molecule has 0 radical (unpaired) electrons. The summed E-state index contributed by atoms with van der Waals surface area (Å²) in [6.45, 7) is 1.99. The van der Waals surface area contributed by atoms with E-state index in [0.29, 0.717) is 11.6 Å². The van der Waals surface area contributed by atoms with Gasteiger partial charge in [-0.05, 0) is 22.6 Å². The third-order valence-electron chi connectivity index (χ3n) is 2.78. The summed E-state index contributed by atoms with van der Waals surface area (Å²) in [7, 11) is 1.72. The topological polar surface area (TPSA) is 96.5 Å². The number of nitrogens with one attached hydrogen (secondary N) is 1. The molecule has 7 nitrogen and oxygen atoms in total. The minimum atomic E-state index is -0.126. The van der Waals surface area contributed by atoms with Gasteiger partial charge in [0.25, 0.3) is 0 Å². The molecule has 0 fully saturated rings. The first-order chi connectivity index (χ1) is 11.1. The first-order valence-electron chi connectivity index (χ1n) is 6.87. The first kappa shape index (κ1) is 17.3. The number of rotatable bonds is 7. The van der Waals surface area contributed by atoms with Crippen molar-refractivity contribution in [1.82, 2.24) is 20.2 Å². The lowest BCUT2D eigenvalue weighted by Gasteiger charge is -2.13. The average Bonchev–Trinajstić information content (AvgIpc) is 2.93. The second kappa shape index (κ2) is 8.55. The molecule has 0 aliphatic rings. The molecule has 9 heteroatoms. The number of aromatic nitrogens is 4. The van der Waals surface area contributed by atoms with Gasteiger partial charge in [0, 0.05) is 23.6 Å². The normalized spacial score (nSPS) is 11.7. The lowest BCUT2D eigenvalue weighted by molar-refractivity contribution is -0.113. The Hall–Kier alpha value is -2.05. The zero-order valence-electron chi connectivity index (χ0n) is 12.8. The van der Waals surface area contributed by atoms with Crippen LogP contribution in [0.4, 0.5) is 5.69 Å². The van der Waals surface area contributed by atoms with Crippen LogP contribution >= 0.6 is 23.5 Å². The van der Waals surface area contributed by atoms with E-state index in [1.54, 1.807) is 18.8 Å². The standard InChI is InChI=1S/C14H16N6OS2/c1-10(7-8-15)23-12-6-4-3-5-11(12)16-13(21)9-22-14-17-18-19-20(14)2/h3-6,10H,7,9H2,1-2H3,(H,16,21). The van der Waals surface area contributed by atoms with Gasteiger partial charge >= 0.3 is 0 Å². The summed E-state index contributed by atoms with van der Waals surface area (Å²) in [6.07, 6.45) is 0.460. The first-order valence-corrected chi connectivity index (χ1v) is 8.74. The van der Waals surface area contributed by atoms with Gasteiger partial charge in [0.15, 0.2) is 0 Å². The lowest BCUT2D eigenvalue weighted by Crippen LogP contribution is -2.15. The van der Waals surface area contributed by atoms with E-state index in [1.165, 1.54) is 16.4 Å². The highest BCUT2D eigenvalue weighted by Gasteiger charge is 2.12. The van der Waals surface area contributed by atoms with Crippen molar-refractivity contribution in [2.24, 2.45) is 7.05 Å². The number of carbonyl (C=O) groups is 1. The molecule has 0 saturated carbocycles. The van der Waals surface area contributed by atoms with Gasteiger partial charge in [0.1, 0.15) is 0 Å². The van der Waals surface area contributed by atoms with Crippen molar-refractivity contribution in [3.8, 4) is 6.07 Å². The molecule has 1 aromatic heterocycles. The smallest absolute Gasteiger partial charge is 0.234 e. The highest BCUT2D eigenvalue weighted by atomic mass is 32.2. The minimum Gasteiger partial charge on any atom is -0.324 e. The largest absolute Gasteiger partial charge is 0.324 e. The number of anilines is 1. The van der Waals surface area contributed by atoms with Crippen molar-refractivity contribution in [2.45, 2.75) is 28.6 Å². The van der Waals surface area contributed by atoms with Gasteiger partial charge in [0.2, 0.25) is 11.1 Å². The van der Waals surface area contributed by atoms with Crippen LogP contribution in [0, 0.1) is 11.3 Å². The lowest BCUT2D eigenvalue weighted by atomic mass is 10.3. The molecule has 2 aromatic rings. The molecule has 0 bridgehead atoms. The van der Waals surface area contributed by atoms with Gasteiger partial charge in [-0.1, -0.05) is 30.8 Å². The molecule has 0 saturated heterocycles. The molecular formula is C14H16N6OS2. The van der Waals surface area contributed by atoms with Gasteiger partial charge in [-0.3, -0.25) is 4.79 Å². The summed E-state index contributed by atoms with van der Waals surface area (Å²) < 4.78 is 1.52. The summed E-state index contributed by atoms with van der Waals surface area (Å²) in [5.41, 5.74) is 0.754. The molecule has 0 aliphatic heterocycles. The highest BCUT2D eigenvalue weighted by molar-refractivity contribution is 8.00. The third kappa shape index (κ3) is 5.26. The zero-order valence-corrected chi connectivity index (χ0v) is 14.4. The van der Waals surface area contributed by atoms with Crippen LogP contribution in [-0.4, -0.2) is 37.1 Å². The molecule has 1 N–H and O–H groups in total. The molecule has 23 heavy (non-hydrogen) atoms. The molecule has 0 spiro atoms. The summed E-state index contributed by atoms with van der Waals surface area (Å²) >= 11 is 2.85.